The van der Waals surface area contributed by atoms with Crippen molar-refractivity contribution >= 4 is 18.5 Å². The van der Waals surface area contributed by atoms with Gasteiger partial charge in [-0.05, 0) is 31.4 Å². The lowest BCUT2D eigenvalue weighted by atomic mass is 9.94. The Morgan fingerprint density at radius 3 is 3.05 bits per heavy atom. The smallest absolute Gasteiger partial charge is 0.273 e. The van der Waals surface area contributed by atoms with Crippen LogP contribution in [0.25, 0.3) is 11.3 Å². The van der Waals surface area contributed by atoms with Crippen LogP contribution in [0, 0.1) is 0 Å². The molecule has 2 heterocycles. The third-order valence-corrected chi connectivity index (χ3v) is 4.28. The summed E-state index contributed by atoms with van der Waals surface area (Å²) in [4.78, 5) is 12.2. The number of rotatable bonds is 7. The van der Waals surface area contributed by atoms with Crippen LogP contribution in [0.4, 0.5) is 0 Å². The number of fused-ring (bicyclic) bond motifs is 3. The topological polar surface area (TPSA) is 83.8 Å². The number of nitrogens with zero attached hydrogens (tertiary/aromatic N) is 2. The van der Waals surface area contributed by atoms with E-state index in [2.05, 4.69) is 33.3 Å². The number of unbranched alkanes of at least 4 members (excludes halogenated alkanes) is 3. The van der Waals surface area contributed by atoms with Crippen molar-refractivity contribution in [1.82, 2.24) is 20.7 Å². The fraction of sp³-hybridized carbons (Fsp3) is 0.533. The molecule has 2 N–H and O–H groups in total. The number of aromatic amines is 1. The maximum absolute atomic E-state index is 12.2. The molecule has 2 aromatic heterocycles. The Hall–Kier alpha value is -1.76. The van der Waals surface area contributed by atoms with Crippen LogP contribution in [-0.4, -0.2) is 33.6 Å². The van der Waals surface area contributed by atoms with Gasteiger partial charge in [0, 0.05) is 17.8 Å². The SMILES string of the molecule is O=C(NCCCCCCS)c1noc2c1CCc1[nH]ncc1-2. The molecule has 3 rings (SSSR count). The molecule has 0 saturated carbocycles. The Kier molecular flexibility index (Phi) is 4.82. The summed E-state index contributed by atoms with van der Waals surface area (Å²) in [5.41, 5.74) is 3.26. The summed E-state index contributed by atoms with van der Waals surface area (Å²) in [6, 6.07) is 0. The van der Waals surface area contributed by atoms with Gasteiger partial charge in [0.25, 0.3) is 5.91 Å². The van der Waals surface area contributed by atoms with Crippen LogP contribution in [0.5, 0.6) is 0 Å². The number of hydrogen-bond donors (Lipinski definition) is 3. The lowest BCUT2D eigenvalue weighted by Gasteiger charge is -2.10. The molecule has 22 heavy (non-hydrogen) atoms. The molecule has 0 atom stereocenters. The molecule has 1 aliphatic rings. The van der Waals surface area contributed by atoms with Crippen LogP contribution >= 0.6 is 12.6 Å². The molecule has 7 heteroatoms. The molecule has 0 saturated heterocycles. The van der Waals surface area contributed by atoms with Crippen molar-refractivity contribution in [3.63, 3.8) is 0 Å². The van der Waals surface area contributed by atoms with E-state index >= 15 is 0 Å². The maximum Gasteiger partial charge on any atom is 0.273 e. The zero-order chi connectivity index (χ0) is 15.4. The zero-order valence-electron chi connectivity index (χ0n) is 12.4. The number of aromatic nitrogens is 3. The Labute approximate surface area is 134 Å². The Morgan fingerprint density at radius 2 is 2.18 bits per heavy atom. The zero-order valence-corrected chi connectivity index (χ0v) is 13.3. The van der Waals surface area contributed by atoms with Gasteiger partial charge in [-0.25, -0.2) is 0 Å². The second-order valence-corrected chi connectivity index (χ2v) is 5.94. The van der Waals surface area contributed by atoms with Gasteiger partial charge in [-0.2, -0.15) is 17.7 Å². The lowest BCUT2D eigenvalue weighted by Crippen LogP contribution is -2.26. The molecule has 0 fully saturated rings. The number of aryl methyl sites for hydroxylation is 1. The van der Waals surface area contributed by atoms with Gasteiger partial charge in [-0.3, -0.25) is 9.89 Å². The first kappa shape index (κ1) is 15.1. The highest BCUT2D eigenvalue weighted by Crippen LogP contribution is 2.33. The molecule has 1 amide bonds. The van der Waals surface area contributed by atoms with Crippen molar-refractivity contribution in [2.75, 3.05) is 12.3 Å². The first-order valence-corrected chi connectivity index (χ1v) is 8.34. The largest absolute Gasteiger partial charge is 0.355 e. The summed E-state index contributed by atoms with van der Waals surface area (Å²) in [6.45, 7) is 0.671. The van der Waals surface area contributed by atoms with Gasteiger partial charge in [0.2, 0.25) is 0 Å². The van der Waals surface area contributed by atoms with Crippen molar-refractivity contribution in [1.29, 1.82) is 0 Å². The quantitative estimate of drug-likeness (QED) is 0.540. The summed E-state index contributed by atoms with van der Waals surface area (Å²) >= 11 is 4.19. The summed E-state index contributed by atoms with van der Waals surface area (Å²) in [5.74, 6) is 1.45. The second kappa shape index (κ2) is 7.00. The number of nitrogens with one attached hydrogen (secondary N) is 2. The molecule has 0 aliphatic heterocycles. The van der Waals surface area contributed by atoms with Crippen molar-refractivity contribution in [3.8, 4) is 11.3 Å². The predicted molar refractivity (Wildman–Crippen MR) is 86.1 cm³/mol. The number of carbonyl (C=O) groups is 1. The highest BCUT2D eigenvalue weighted by atomic mass is 32.1. The molecule has 0 bridgehead atoms. The second-order valence-electron chi connectivity index (χ2n) is 5.49. The molecule has 2 aromatic rings. The van der Waals surface area contributed by atoms with Gasteiger partial charge in [-0.1, -0.05) is 18.0 Å². The van der Waals surface area contributed by atoms with Crippen molar-refractivity contribution in [2.24, 2.45) is 0 Å². The molecule has 1 aliphatic carbocycles. The monoisotopic (exact) mass is 320 g/mol. The first-order valence-electron chi connectivity index (χ1n) is 7.71. The highest BCUT2D eigenvalue weighted by molar-refractivity contribution is 7.80. The minimum absolute atomic E-state index is 0.147. The molecular formula is C15H20N4O2S. The molecule has 6 nitrogen and oxygen atoms in total. The van der Waals surface area contributed by atoms with Crippen molar-refractivity contribution < 1.29 is 9.32 Å². The van der Waals surface area contributed by atoms with Gasteiger partial charge in [0.15, 0.2) is 11.5 Å². The molecule has 118 valence electrons. The van der Waals surface area contributed by atoms with E-state index in [1.165, 1.54) is 0 Å². The molecule has 0 spiro atoms. The van der Waals surface area contributed by atoms with Crippen molar-refractivity contribution in [2.45, 2.75) is 38.5 Å². The van der Waals surface area contributed by atoms with Crippen molar-refractivity contribution in [3.05, 3.63) is 23.1 Å². The average molecular weight is 320 g/mol. The highest BCUT2D eigenvalue weighted by Gasteiger charge is 2.28. The predicted octanol–water partition coefficient (Wildman–Crippen LogP) is 2.38. The number of thiol groups is 1. The van der Waals surface area contributed by atoms with E-state index in [4.69, 9.17) is 4.52 Å². The van der Waals surface area contributed by atoms with Gasteiger partial charge < -0.3 is 9.84 Å². The van der Waals surface area contributed by atoms with E-state index in [1.807, 2.05) is 0 Å². The fourth-order valence-corrected chi connectivity index (χ4v) is 2.98. The van der Waals surface area contributed by atoms with Crippen LogP contribution in [-0.2, 0) is 12.8 Å². The minimum atomic E-state index is -0.147. The fourth-order valence-electron chi connectivity index (χ4n) is 2.76. The van der Waals surface area contributed by atoms with E-state index in [0.29, 0.717) is 18.0 Å². The van der Waals surface area contributed by atoms with E-state index in [-0.39, 0.29) is 5.91 Å². The molecule has 0 radical (unpaired) electrons. The number of carbonyl (C=O) groups excluding carboxylic acids is 1. The third kappa shape index (κ3) is 3.04. The third-order valence-electron chi connectivity index (χ3n) is 3.96. The number of amides is 1. The molecular weight excluding hydrogens is 300 g/mol. The van der Waals surface area contributed by atoms with Gasteiger partial charge in [-0.15, -0.1) is 0 Å². The lowest BCUT2D eigenvalue weighted by molar-refractivity contribution is 0.0943. The van der Waals surface area contributed by atoms with Crippen LogP contribution in [0.3, 0.4) is 0 Å². The molecule has 0 unspecified atom stereocenters. The van der Waals surface area contributed by atoms with Gasteiger partial charge in [0.05, 0.1) is 11.8 Å². The Morgan fingerprint density at radius 1 is 1.32 bits per heavy atom. The first-order chi connectivity index (χ1) is 10.8. The summed E-state index contributed by atoms with van der Waals surface area (Å²) in [5, 5.41) is 13.9. The Balaban J connectivity index is 1.59. The standard InChI is InChI=1S/C15H20N4O2S/c20-15(16-7-3-1-2-4-8-22)13-10-5-6-12-11(9-17-18-12)14(10)21-19-13/h9,22H,1-8H2,(H,16,20)(H,17,18). The normalized spacial score (nSPS) is 12.8. The summed E-state index contributed by atoms with van der Waals surface area (Å²) < 4.78 is 5.37. The summed E-state index contributed by atoms with van der Waals surface area (Å²) in [6.07, 6.45) is 7.67. The minimum Gasteiger partial charge on any atom is -0.355 e. The Bertz CT molecular complexity index is 650. The van der Waals surface area contributed by atoms with E-state index in [1.54, 1.807) is 6.20 Å². The van der Waals surface area contributed by atoms with Crippen LogP contribution < -0.4 is 5.32 Å². The summed E-state index contributed by atoms with van der Waals surface area (Å²) in [7, 11) is 0. The average Bonchev–Trinajstić information content (AvgIpc) is 3.15. The van der Waals surface area contributed by atoms with E-state index in [9.17, 15) is 4.79 Å². The maximum atomic E-state index is 12.2. The van der Waals surface area contributed by atoms with Crippen LogP contribution in [0.15, 0.2) is 10.7 Å². The van der Waals surface area contributed by atoms with Gasteiger partial charge in [0.1, 0.15) is 0 Å². The van der Waals surface area contributed by atoms with Gasteiger partial charge >= 0.3 is 0 Å². The van der Waals surface area contributed by atoms with E-state index in [0.717, 1.165) is 61.1 Å². The molecule has 0 aromatic carbocycles. The number of H-pyrrole nitrogens is 1. The van der Waals surface area contributed by atoms with Crippen LogP contribution in [0.2, 0.25) is 0 Å². The van der Waals surface area contributed by atoms with E-state index < -0.39 is 0 Å². The van der Waals surface area contributed by atoms with Crippen LogP contribution in [0.1, 0.15) is 47.4 Å². The number of hydrogen-bond acceptors (Lipinski definition) is 5.